The Kier molecular flexibility index (Phi) is 4.27. The number of nitrogens with zero attached hydrogens (tertiary/aromatic N) is 1. The minimum absolute atomic E-state index is 0.0219. The lowest BCUT2D eigenvalue weighted by molar-refractivity contribution is -0.385. The fourth-order valence-electron chi connectivity index (χ4n) is 0.966. The third kappa shape index (κ3) is 2.64. The van der Waals surface area contributed by atoms with Gasteiger partial charge >= 0.3 is 0 Å². The van der Waals surface area contributed by atoms with Crippen LogP contribution in [0.3, 0.4) is 0 Å². The van der Waals surface area contributed by atoms with Gasteiger partial charge in [0.05, 0.1) is 15.5 Å². The van der Waals surface area contributed by atoms with Crippen LogP contribution in [0.1, 0.15) is 11.7 Å². The number of aliphatic hydroxyl groups excluding tert-OH is 1. The van der Waals surface area contributed by atoms with E-state index in [4.69, 9.17) is 0 Å². The first-order chi connectivity index (χ1) is 6.56. The summed E-state index contributed by atoms with van der Waals surface area (Å²) in [5, 5.41) is 20.1. The molecule has 1 aromatic rings. The molecule has 0 unspecified atom stereocenters. The highest BCUT2D eigenvalue weighted by molar-refractivity contribution is 14.1. The van der Waals surface area contributed by atoms with E-state index in [1.165, 1.54) is 6.07 Å². The second kappa shape index (κ2) is 5.04. The van der Waals surface area contributed by atoms with Crippen LogP contribution in [0.2, 0.25) is 0 Å². The molecule has 0 aromatic heterocycles. The van der Waals surface area contributed by atoms with Crippen LogP contribution in [0, 0.1) is 10.1 Å². The van der Waals surface area contributed by atoms with Gasteiger partial charge in [-0.2, -0.15) is 0 Å². The van der Waals surface area contributed by atoms with Gasteiger partial charge in [-0.3, -0.25) is 10.1 Å². The van der Waals surface area contributed by atoms with Gasteiger partial charge in [0, 0.05) is 10.5 Å². The van der Waals surface area contributed by atoms with Crippen molar-refractivity contribution in [3.8, 4) is 0 Å². The molecule has 0 saturated heterocycles. The number of halogens is 2. The number of hydrogen-bond donors (Lipinski definition) is 1. The minimum Gasteiger partial charge on any atom is -0.388 e. The molecule has 1 rings (SSSR count). The molecule has 0 aliphatic rings. The molecule has 0 fully saturated rings. The molecule has 0 heterocycles. The zero-order chi connectivity index (χ0) is 10.7. The Morgan fingerprint density at radius 1 is 1.64 bits per heavy atom. The molecular weight excluding hydrogens is 365 g/mol. The number of nitro benzene ring substituents is 1. The second-order valence-corrected chi connectivity index (χ2v) is 4.37. The van der Waals surface area contributed by atoms with Crippen molar-refractivity contribution >= 4 is 44.2 Å². The summed E-state index contributed by atoms with van der Waals surface area (Å²) < 4.78 is 0.934. The van der Waals surface area contributed by atoms with E-state index in [0.29, 0.717) is 14.5 Å². The Hall–Kier alpha value is -0.210. The molecule has 1 atom stereocenters. The standard InChI is InChI=1S/C8H7BrINO3/c9-6-2-1-5(8(12)4-10)3-7(6)11(13)14/h1-3,8,12H,4H2/t8-/m0/s1. The Bertz CT molecular complexity index is 358. The third-order valence-corrected chi connectivity index (χ3v) is 3.20. The fourth-order valence-corrected chi connectivity index (χ4v) is 1.87. The molecule has 1 aromatic carbocycles. The monoisotopic (exact) mass is 371 g/mol. The number of hydrogen-bond acceptors (Lipinski definition) is 3. The lowest BCUT2D eigenvalue weighted by Gasteiger charge is -2.06. The predicted molar refractivity (Wildman–Crippen MR) is 64.6 cm³/mol. The Balaban J connectivity index is 3.12. The summed E-state index contributed by atoms with van der Waals surface area (Å²) in [4.78, 5) is 10.1. The molecule has 0 spiro atoms. The average molecular weight is 372 g/mol. The number of benzene rings is 1. The number of alkyl halides is 1. The van der Waals surface area contributed by atoms with E-state index in [0.717, 1.165) is 0 Å². The second-order valence-electron chi connectivity index (χ2n) is 2.64. The summed E-state index contributed by atoms with van der Waals surface area (Å²) >= 11 is 5.10. The molecule has 6 heteroatoms. The highest BCUT2D eigenvalue weighted by atomic mass is 127. The normalized spacial score (nSPS) is 12.5. The topological polar surface area (TPSA) is 63.4 Å². The lowest BCUT2D eigenvalue weighted by Crippen LogP contribution is -1.99. The van der Waals surface area contributed by atoms with Crippen molar-refractivity contribution in [1.82, 2.24) is 0 Å². The van der Waals surface area contributed by atoms with Crippen LogP contribution < -0.4 is 0 Å². The van der Waals surface area contributed by atoms with E-state index in [9.17, 15) is 15.2 Å². The van der Waals surface area contributed by atoms with Crippen LogP contribution in [-0.4, -0.2) is 14.5 Å². The summed E-state index contributed by atoms with van der Waals surface area (Å²) in [6.45, 7) is 0. The summed E-state index contributed by atoms with van der Waals surface area (Å²) in [5.41, 5.74) is 0.542. The van der Waals surface area contributed by atoms with Crippen molar-refractivity contribution in [3.63, 3.8) is 0 Å². The minimum atomic E-state index is -0.651. The van der Waals surface area contributed by atoms with E-state index in [1.54, 1.807) is 12.1 Å². The first-order valence-corrected chi connectivity index (χ1v) is 6.06. The highest BCUT2D eigenvalue weighted by Crippen LogP contribution is 2.28. The fraction of sp³-hybridized carbons (Fsp3) is 0.250. The van der Waals surface area contributed by atoms with Crippen molar-refractivity contribution in [2.75, 3.05) is 4.43 Å². The molecule has 4 nitrogen and oxygen atoms in total. The van der Waals surface area contributed by atoms with Gasteiger partial charge in [-0.05, 0) is 27.6 Å². The van der Waals surface area contributed by atoms with Crippen LogP contribution in [-0.2, 0) is 0 Å². The summed E-state index contributed by atoms with van der Waals surface area (Å²) in [6, 6.07) is 4.62. The maximum absolute atomic E-state index is 10.6. The molecule has 1 N–H and O–H groups in total. The van der Waals surface area contributed by atoms with Gasteiger partial charge in [-0.25, -0.2) is 0 Å². The summed E-state index contributed by atoms with van der Waals surface area (Å²) in [5.74, 6) is 0. The van der Waals surface area contributed by atoms with Crippen molar-refractivity contribution in [1.29, 1.82) is 0 Å². The van der Waals surface area contributed by atoms with Gasteiger partial charge in [0.15, 0.2) is 0 Å². The summed E-state index contributed by atoms with van der Waals surface area (Å²) in [6.07, 6.45) is -0.651. The van der Waals surface area contributed by atoms with Crippen molar-refractivity contribution in [2.24, 2.45) is 0 Å². The number of rotatable bonds is 3. The van der Waals surface area contributed by atoms with Crippen molar-refractivity contribution in [3.05, 3.63) is 38.3 Å². The Morgan fingerprint density at radius 3 is 2.79 bits per heavy atom. The molecule has 76 valence electrons. The summed E-state index contributed by atoms with van der Waals surface area (Å²) in [7, 11) is 0. The van der Waals surface area contributed by atoms with Crippen LogP contribution in [0.25, 0.3) is 0 Å². The number of nitro groups is 1. The van der Waals surface area contributed by atoms with Gasteiger partial charge in [-0.15, -0.1) is 0 Å². The molecule has 0 radical (unpaired) electrons. The molecule has 14 heavy (non-hydrogen) atoms. The van der Waals surface area contributed by atoms with E-state index in [2.05, 4.69) is 15.9 Å². The zero-order valence-electron chi connectivity index (χ0n) is 6.98. The maximum Gasteiger partial charge on any atom is 0.283 e. The van der Waals surface area contributed by atoms with E-state index >= 15 is 0 Å². The SMILES string of the molecule is O=[N+]([O-])c1cc([C@@H](O)CI)ccc1Br. The van der Waals surface area contributed by atoms with Crippen LogP contribution >= 0.6 is 38.5 Å². The largest absolute Gasteiger partial charge is 0.388 e. The predicted octanol–water partition coefficient (Wildman–Crippen LogP) is 2.83. The van der Waals surface area contributed by atoms with E-state index in [-0.39, 0.29) is 5.69 Å². The van der Waals surface area contributed by atoms with E-state index < -0.39 is 11.0 Å². The van der Waals surface area contributed by atoms with Gasteiger partial charge in [-0.1, -0.05) is 28.7 Å². The Morgan fingerprint density at radius 2 is 2.29 bits per heavy atom. The molecule has 0 aliphatic heterocycles. The smallest absolute Gasteiger partial charge is 0.283 e. The van der Waals surface area contributed by atoms with Crippen LogP contribution in [0.5, 0.6) is 0 Å². The van der Waals surface area contributed by atoms with Crippen LogP contribution in [0.4, 0.5) is 5.69 Å². The first kappa shape index (κ1) is 11.9. The third-order valence-electron chi connectivity index (χ3n) is 1.70. The lowest BCUT2D eigenvalue weighted by atomic mass is 10.1. The molecule has 0 saturated carbocycles. The molecule has 0 bridgehead atoms. The van der Waals surface area contributed by atoms with Gasteiger partial charge in [0.1, 0.15) is 0 Å². The zero-order valence-corrected chi connectivity index (χ0v) is 10.7. The molecular formula is C8H7BrINO3. The highest BCUT2D eigenvalue weighted by Gasteiger charge is 2.15. The quantitative estimate of drug-likeness (QED) is 0.384. The number of aliphatic hydroxyl groups is 1. The van der Waals surface area contributed by atoms with Crippen LogP contribution in [0.15, 0.2) is 22.7 Å². The molecule has 0 aliphatic carbocycles. The maximum atomic E-state index is 10.6. The van der Waals surface area contributed by atoms with E-state index in [1.807, 2.05) is 22.6 Å². The Labute approximate surface area is 103 Å². The molecule has 0 amide bonds. The van der Waals surface area contributed by atoms with Gasteiger partial charge in [0.25, 0.3) is 5.69 Å². The average Bonchev–Trinajstić information content (AvgIpc) is 2.17. The van der Waals surface area contributed by atoms with Gasteiger partial charge < -0.3 is 5.11 Å². The van der Waals surface area contributed by atoms with Crippen molar-refractivity contribution in [2.45, 2.75) is 6.10 Å². The van der Waals surface area contributed by atoms with Gasteiger partial charge in [0.2, 0.25) is 0 Å². The van der Waals surface area contributed by atoms with Crippen molar-refractivity contribution < 1.29 is 10.0 Å². The first-order valence-electron chi connectivity index (χ1n) is 3.74.